The van der Waals surface area contributed by atoms with Gasteiger partial charge in [0.05, 0.1) is 0 Å². The van der Waals surface area contributed by atoms with Crippen LogP contribution in [0.1, 0.15) is 24.8 Å². The number of benzene rings is 1. The van der Waals surface area contributed by atoms with Gasteiger partial charge in [-0.25, -0.2) is 4.79 Å². The molecule has 0 N–H and O–H groups in total. The van der Waals surface area contributed by atoms with Gasteiger partial charge >= 0.3 is 6.09 Å². The topological polar surface area (TPSA) is 49.9 Å². The molecule has 1 aromatic rings. The Kier molecular flexibility index (Phi) is 4.61. The van der Waals surface area contributed by atoms with Gasteiger partial charge in [-0.1, -0.05) is 30.3 Å². The van der Waals surface area contributed by atoms with E-state index in [9.17, 15) is 9.59 Å². The van der Waals surface area contributed by atoms with E-state index in [2.05, 4.69) is 0 Å². The number of rotatable bonds is 3. The minimum atomic E-state index is -0.287. The number of ether oxygens (including phenoxy) is 1. The van der Waals surface area contributed by atoms with Gasteiger partial charge in [0.1, 0.15) is 6.61 Å². The van der Waals surface area contributed by atoms with Crippen LogP contribution < -0.4 is 0 Å². The Morgan fingerprint density at radius 1 is 1.00 bits per heavy atom. The lowest BCUT2D eigenvalue weighted by atomic mass is 10.2. The van der Waals surface area contributed by atoms with Crippen molar-refractivity contribution in [1.82, 2.24) is 9.80 Å². The molecule has 1 aromatic carbocycles. The Balaban J connectivity index is 1.47. The Hall–Kier alpha value is -2.04. The van der Waals surface area contributed by atoms with Crippen LogP contribution in [0.3, 0.4) is 0 Å². The summed E-state index contributed by atoms with van der Waals surface area (Å²) in [4.78, 5) is 27.9. The van der Waals surface area contributed by atoms with Gasteiger partial charge in [0.25, 0.3) is 0 Å². The molecule has 3 rings (SSSR count). The van der Waals surface area contributed by atoms with E-state index in [-0.39, 0.29) is 17.9 Å². The van der Waals surface area contributed by atoms with E-state index >= 15 is 0 Å². The summed E-state index contributed by atoms with van der Waals surface area (Å²) in [7, 11) is 0. The maximum atomic E-state index is 12.1. The molecule has 22 heavy (non-hydrogen) atoms. The van der Waals surface area contributed by atoms with Crippen molar-refractivity contribution < 1.29 is 14.3 Å². The zero-order valence-electron chi connectivity index (χ0n) is 12.7. The lowest BCUT2D eigenvalue weighted by Crippen LogP contribution is -2.38. The maximum absolute atomic E-state index is 12.1. The van der Waals surface area contributed by atoms with Crippen LogP contribution >= 0.6 is 0 Å². The molecule has 0 spiro atoms. The number of carbonyl (C=O) groups is 2. The molecule has 1 heterocycles. The Labute approximate surface area is 130 Å². The maximum Gasteiger partial charge on any atom is 0.410 e. The Morgan fingerprint density at radius 3 is 2.41 bits per heavy atom. The van der Waals surface area contributed by atoms with Gasteiger partial charge in [-0.2, -0.15) is 0 Å². The van der Waals surface area contributed by atoms with Gasteiger partial charge in [0.2, 0.25) is 5.91 Å². The molecule has 0 aromatic heterocycles. The number of amides is 2. The van der Waals surface area contributed by atoms with Crippen LogP contribution in [0.25, 0.3) is 0 Å². The lowest BCUT2D eigenvalue weighted by molar-refractivity contribution is -0.132. The summed E-state index contributed by atoms with van der Waals surface area (Å²) in [6.07, 6.45) is 2.58. The van der Waals surface area contributed by atoms with Crippen LogP contribution in [0.2, 0.25) is 0 Å². The second-order valence-electron chi connectivity index (χ2n) is 5.98. The standard InChI is InChI=1S/C17H22N2O3/c20-16(15-7-8-15)18-9-4-10-19(12-11-18)17(21)22-13-14-5-2-1-3-6-14/h1-3,5-6,15H,4,7-13H2. The molecule has 1 aliphatic heterocycles. The first-order chi connectivity index (χ1) is 10.7. The van der Waals surface area contributed by atoms with Crippen molar-refractivity contribution in [2.45, 2.75) is 25.9 Å². The molecule has 0 bridgehead atoms. The van der Waals surface area contributed by atoms with E-state index < -0.39 is 0 Å². The molecule has 1 saturated heterocycles. The highest BCUT2D eigenvalue weighted by Crippen LogP contribution is 2.31. The molecular weight excluding hydrogens is 280 g/mol. The van der Waals surface area contributed by atoms with E-state index in [4.69, 9.17) is 4.74 Å². The number of hydrogen-bond acceptors (Lipinski definition) is 3. The molecule has 1 aliphatic carbocycles. The SMILES string of the molecule is O=C(OCc1ccccc1)N1CCCN(C(=O)C2CC2)CC1. The first kappa shape index (κ1) is 14.9. The molecule has 118 valence electrons. The number of nitrogens with zero attached hydrogens (tertiary/aromatic N) is 2. The van der Waals surface area contributed by atoms with Crippen LogP contribution in [0.4, 0.5) is 4.79 Å². The minimum absolute atomic E-state index is 0.247. The van der Waals surface area contributed by atoms with Crippen LogP contribution in [0, 0.1) is 5.92 Å². The second kappa shape index (κ2) is 6.81. The van der Waals surface area contributed by atoms with Crippen LogP contribution in [0.5, 0.6) is 0 Å². The molecule has 5 heteroatoms. The third-order valence-electron chi connectivity index (χ3n) is 4.20. The van der Waals surface area contributed by atoms with Crippen LogP contribution in [0.15, 0.2) is 30.3 Å². The van der Waals surface area contributed by atoms with Crippen molar-refractivity contribution in [1.29, 1.82) is 0 Å². The van der Waals surface area contributed by atoms with Gasteiger partial charge in [-0.05, 0) is 24.8 Å². The quantitative estimate of drug-likeness (QED) is 0.860. The molecule has 2 aliphatic rings. The summed E-state index contributed by atoms with van der Waals surface area (Å²) in [5.74, 6) is 0.510. The third-order valence-corrected chi connectivity index (χ3v) is 4.20. The van der Waals surface area contributed by atoms with E-state index in [0.29, 0.717) is 26.2 Å². The fraction of sp³-hybridized carbons (Fsp3) is 0.529. The van der Waals surface area contributed by atoms with Gasteiger partial charge < -0.3 is 14.5 Å². The predicted octanol–water partition coefficient (Wildman–Crippen LogP) is 2.27. The van der Waals surface area contributed by atoms with Gasteiger partial charge in [0, 0.05) is 32.1 Å². The Bertz CT molecular complexity index is 528. The molecule has 0 radical (unpaired) electrons. The first-order valence-corrected chi connectivity index (χ1v) is 7.98. The summed E-state index contributed by atoms with van der Waals surface area (Å²) in [5, 5.41) is 0. The lowest BCUT2D eigenvalue weighted by Gasteiger charge is -2.21. The second-order valence-corrected chi connectivity index (χ2v) is 5.98. The first-order valence-electron chi connectivity index (χ1n) is 7.98. The normalized spacial score (nSPS) is 18.7. The smallest absolute Gasteiger partial charge is 0.410 e. The van der Waals surface area contributed by atoms with E-state index in [1.807, 2.05) is 35.2 Å². The van der Waals surface area contributed by atoms with Gasteiger partial charge in [0.15, 0.2) is 0 Å². The van der Waals surface area contributed by atoms with Crippen molar-refractivity contribution >= 4 is 12.0 Å². The van der Waals surface area contributed by atoms with Crippen LogP contribution in [-0.2, 0) is 16.1 Å². The summed E-state index contributed by atoms with van der Waals surface area (Å²) < 4.78 is 5.36. The summed E-state index contributed by atoms with van der Waals surface area (Å²) >= 11 is 0. The molecule has 0 unspecified atom stereocenters. The zero-order valence-corrected chi connectivity index (χ0v) is 12.7. The highest BCUT2D eigenvalue weighted by Gasteiger charge is 2.34. The molecule has 1 saturated carbocycles. The average Bonchev–Trinajstić information content (AvgIpc) is 3.39. The molecule has 2 fully saturated rings. The van der Waals surface area contributed by atoms with Gasteiger partial charge in [-0.3, -0.25) is 4.79 Å². The minimum Gasteiger partial charge on any atom is -0.445 e. The Morgan fingerprint density at radius 2 is 1.68 bits per heavy atom. The molecular formula is C17H22N2O3. The van der Waals surface area contributed by atoms with Crippen molar-refractivity contribution in [3.05, 3.63) is 35.9 Å². The zero-order chi connectivity index (χ0) is 15.4. The summed E-state index contributed by atoms with van der Waals surface area (Å²) in [6, 6.07) is 9.66. The molecule has 0 atom stereocenters. The summed E-state index contributed by atoms with van der Waals surface area (Å²) in [5.41, 5.74) is 0.983. The van der Waals surface area contributed by atoms with E-state index in [1.54, 1.807) is 4.90 Å². The molecule has 2 amide bonds. The van der Waals surface area contributed by atoms with Crippen molar-refractivity contribution in [3.8, 4) is 0 Å². The van der Waals surface area contributed by atoms with E-state index in [0.717, 1.165) is 31.4 Å². The summed E-state index contributed by atoms with van der Waals surface area (Å²) in [6.45, 7) is 2.88. The number of carbonyl (C=O) groups excluding carboxylic acids is 2. The van der Waals surface area contributed by atoms with Crippen molar-refractivity contribution in [2.24, 2.45) is 5.92 Å². The number of hydrogen-bond donors (Lipinski definition) is 0. The highest BCUT2D eigenvalue weighted by molar-refractivity contribution is 5.81. The van der Waals surface area contributed by atoms with Crippen molar-refractivity contribution in [2.75, 3.05) is 26.2 Å². The van der Waals surface area contributed by atoms with Gasteiger partial charge in [-0.15, -0.1) is 0 Å². The largest absolute Gasteiger partial charge is 0.445 e. The highest BCUT2D eigenvalue weighted by atomic mass is 16.6. The molecule has 5 nitrogen and oxygen atoms in total. The monoisotopic (exact) mass is 302 g/mol. The average molecular weight is 302 g/mol. The van der Waals surface area contributed by atoms with Crippen molar-refractivity contribution in [3.63, 3.8) is 0 Å². The predicted molar refractivity (Wildman–Crippen MR) is 82.1 cm³/mol. The third kappa shape index (κ3) is 3.78. The van der Waals surface area contributed by atoms with Crippen LogP contribution in [-0.4, -0.2) is 48.0 Å². The fourth-order valence-corrected chi connectivity index (χ4v) is 2.72. The fourth-order valence-electron chi connectivity index (χ4n) is 2.72. The van der Waals surface area contributed by atoms with E-state index in [1.165, 1.54) is 0 Å².